The number of ketones is 1. The molecule has 0 saturated heterocycles. The lowest BCUT2D eigenvalue weighted by atomic mass is 10.1. The molecule has 0 amide bonds. The number of carbonyl (C=O) groups is 2. The van der Waals surface area contributed by atoms with Gasteiger partial charge in [-0.2, -0.15) is 0 Å². The van der Waals surface area contributed by atoms with Crippen LogP contribution in [0.25, 0.3) is 0 Å². The fourth-order valence-electron chi connectivity index (χ4n) is 0.900. The minimum absolute atomic E-state index is 0.0671. The van der Waals surface area contributed by atoms with Crippen LogP contribution < -0.4 is 5.43 Å². The summed E-state index contributed by atoms with van der Waals surface area (Å²) < 4.78 is 0. The molecule has 1 heterocycles. The summed E-state index contributed by atoms with van der Waals surface area (Å²) in [5.74, 6) is -0.324. The first kappa shape index (κ1) is 8.39. The van der Waals surface area contributed by atoms with Gasteiger partial charge in [0.05, 0.1) is 11.3 Å². The summed E-state index contributed by atoms with van der Waals surface area (Å²) in [5, 5.41) is 0. The Hall–Kier alpha value is -1.71. The van der Waals surface area contributed by atoms with E-state index in [0.717, 1.165) is 0 Å². The average molecular weight is 165 g/mol. The van der Waals surface area contributed by atoms with Crippen LogP contribution in [0.1, 0.15) is 27.8 Å². The second-order valence-corrected chi connectivity index (χ2v) is 2.30. The third-order valence-electron chi connectivity index (χ3n) is 1.47. The maximum Gasteiger partial charge on any atom is 0.192 e. The molecule has 4 heteroatoms. The van der Waals surface area contributed by atoms with Crippen LogP contribution in [0, 0.1) is 0 Å². The van der Waals surface area contributed by atoms with Gasteiger partial charge in [0.2, 0.25) is 0 Å². The van der Waals surface area contributed by atoms with Gasteiger partial charge in [-0.25, -0.2) is 0 Å². The number of aldehydes is 1. The molecular formula is C8H7NO3. The standard InChI is InChI=1S/C8H7NO3/c1-5(11)8-6(4-10)7(12)2-3-9-8/h2-4H,1H3,(H,9,12). The molecule has 0 unspecified atom stereocenters. The van der Waals surface area contributed by atoms with Crippen molar-refractivity contribution in [3.63, 3.8) is 0 Å². The predicted molar refractivity (Wildman–Crippen MR) is 42.5 cm³/mol. The first-order chi connectivity index (χ1) is 5.66. The number of rotatable bonds is 2. The highest BCUT2D eigenvalue weighted by molar-refractivity contribution is 5.99. The zero-order chi connectivity index (χ0) is 9.14. The van der Waals surface area contributed by atoms with Crippen LogP contribution in [0.4, 0.5) is 0 Å². The molecular weight excluding hydrogens is 158 g/mol. The van der Waals surface area contributed by atoms with Crippen molar-refractivity contribution in [1.29, 1.82) is 0 Å². The maximum atomic E-state index is 11.0. The van der Waals surface area contributed by atoms with Gasteiger partial charge in [0, 0.05) is 19.2 Å². The van der Waals surface area contributed by atoms with E-state index in [9.17, 15) is 14.4 Å². The Morgan fingerprint density at radius 1 is 1.58 bits per heavy atom. The topological polar surface area (TPSA) is 67.0 Å². The number of carbonyl (C=O) groups excluding carboxylic acids is 2. The van der Waals surface area contributed by atoms with Crippen molar-refractivity contribution in [3.05, 3.63) is 33.7 Å². The highest BCUT2D eigenvalue weighted by Gasteiger charge is 2.08. The Morgan fingerprint density at radius 3 is 2.67 bits per heavy atom. The monoisotopic (exact) mass is 165 g/mol. The quantitative estimate of drug-likeness (QED) is 0.509. The number of nitrogens with one attached hydrogen (secondary N) is 1. The van der Waals surface area contributed by atoms with E-state index >= 15 is 0 Å². The number of aromatic nitrogens is 1. The van der Waals surface area contributed by atoms with Crippen molar-refractivity contribution in [2.24, 2.45) is 0 Å². The van der Waals surface area contributed by atoms with Gasteiger partial charge >= 0.3 is 0 Å². The molecule has 0 aromatic carbocycles. The van der Waals surface area contributed by atoms with Gasteiger partial charge in [-0.1, -0.05) is 0 Å². The van der Waals surface area contributed by atoms with Crippen LogP contribution in [0.3, 0.4) is 0 Å². The van der Waals surface area contributed by atoms with Crippen LogP contribution in [0.2, 0.25) is 0 Å². The molecule has 0 bridgehead atoms. The van der Waals surface area contributed by atoms with Crippen molar-refractivity contribution < 1.29 is 9.59 Å². The van der Waals surface area contributed by atoms with E-state index in [2.05, 4.69) is 4.98 Å². The molecule has 4 nitrogen and oxygen atoms in total. The van der Waals surface area contributed by atoms with E-state index in [4.69, 9.17) is 0 Å². The Morgan fingerprint density at radius 2 is 2.25 bits per heavy atom. The van der Waals surface area contributed by atoms with E-state index in [1.807, 2.05) is 0 Å². The van der Waals surface area contributed by atoms with Crippen LogP contribution >= 0.6 is 0 Å². The molecule has 1 rings (SSSR count). The minimum atomic E-state index is -0.436. The van der Waals surface area contributed by atoms with Gasteiger partial charge in [0.25, 0.3) is 0 Å². The van der Waals surface area contributed by atoms with E-state index in [1.54, 1.807) is 0 Å². The number of aromatic amines is 1. The molecule has 0 aliphatic rings. The summed E-state index contributed by atoms with van der Waals surface area (Å²) in [5.41, 5.74) is -0.476. The van der Waals surface area contributed by atoms with Crippen molar-refractivity contribution in [1.82, 2.24) is 4.98 Å². The SMILES string of the molecule is CC(=O)c1[nH]ccc(=O)c1C=O. The first-order valence-electron chi connectivity index (χ1n) is 3.34. The molecule has 0 saturated carbocycles. The van der Waals surface area contributed by atoms with Crippen molar-refractivity contribution >= 4 is 12.1 Å². The highest BCUT2D eigenvalue weighted by atomic mass is 16.1. The normalized spacial score (nSPS) is 9.42. The molecule has 0 radical (unpaired) electrons. The summed E-state index contributed by atoms with van der Waals surface area (Å²) in [4.78, 5) is 34.7. The summed E-state index contributed by atoms with van der Waals surface area (Å²) >= 11 is 0. The lowest BCUT2D eigenvalue weighted by molar-refractivity contribution is 0.1000. The van der Waals surface area contributed by atoms with E-state index in [-0.39, 0.29) is 17.0 Å². The Bertz CT molecular complexity index is 378. The van der Waals surface area contributed by atoms with Gasteiger partial charge in [-0.05, 0) is 0 Å². The maximum absolute atomic E-state index is 11.0. The fourth-order valence-corrected chi connectivity index (χ4v) is 0.900. The van der Waals surface area contributed by atoms with E-state index in [0.29, 0.717) is 6.29 Å². The number of pyridine rings is 1. The van der Waals surface area contributed by atoms with Crippen LogP contribution in [-0.2, 0) is 0 Å². The molecule has 0 aliphatic heterocycles. The number of H-pyrrole nitrogens is 1. The Kier molecular flexibility index (Phi) is 2.19. The minimum Gasteiger partial charge on any atom is -0.358 e. The highest BCUT2D eigenvalue weighted by Crippen LogP contribution is 1.96. The number of hydrogen-bond acceptors (Lipinski definition) is 3. The van der Waals surface area contributed by atoms with Crippen molar-refractivity contribution in [3.8, 4) is 0 Å². The molecule has 12 heavy (non-hydrogen) atoms. The second-order valence-electron chi connectivity index (χ2n) is 2.30. The van der Waals surface area contributed by atoms with Gasteiger partial charge in [-0.15, -0.1) is 0 Å². The Balaban J connectivity index is 3.48. The lowest BCUT2D eigenvalue weighted by Crippen LogP contribution is -2.14. The molecule has 0 spiro atoms. The molecule has 0 atom stereocenters. The molecule has 0 fully saturated rings. The second kappa shape index (κ2) is 3.13. The van der Waals surface area contributed by atoms with Crippen LogP contribution in [-0.4, -0.2) is 17.1 Å². The van der Waals surface area contributed by atoms with Gasteiger partial charge in [-0.3, -0.25) is 14.4 Å². The third kappa shape index (κ3) is 1.32. The number of hydrogen-bond donors (Lipinski definition) is 1. The molecule has 1 N–H and O–H groups in total. The molecule has 1 aromatic heterocycles. The number of Topliss-reactive ketones (excluding diaryl/α,β-unsaturated/α-hetero) is 1. The van der Waals surface area contributed by atoms with Gasteiger partial charge in [0.1, 0.15) is 0 Å². The van der Waals surface area contributed by atoms with Crippen molar-refractivity contribution in [2.75, 3.05) is 0 Å². The molecule has 1 aromatic rings. The van der Waals surface area contributed by atoms with E-state index < -0.39 is 5.43 Å². The first-order valence-corrected chi connectivity index (χ1v) is 3.34. The van der Waals surface area contributed by atoms with Gasteiger partial charge in [0.15, 0.2) is 17.5 Å². The predicted octanol–water partition coefficient (Wildman–Crippen LogP) is 0.390. The van der Waals surface area contributed by atoms with Crippen LogP contribution in [0.5, 0.6) is 0 Å². The lowest BCUT2D eigenvalue weighted by Gasteiger charge is -1.97. The summed E-state index contributed by atoms with van der Waals surface area (Å²) in [6.45, 7) is 1.29. The largest absolute Gasteiger partial charge is 0.358 e. The smallest absolute Gasteiger partial charge is 0.192 e. The zero-order valence-corrected chi connectivity index (χ0v) is 6.46. The summed E-state index contributed by atoms with van der Waals surface area (Å²) in [6.07, 6.45) is 1.72. The summed E-state index contributed by atoms with van der Waals surface area (Å²) in [6, 6.07) is 1.20. The third-order valence-corrected chi connectivity index (χ3v) is 1.47. The van der Waals surface area contributed by atoms with E-state index in [1.165, 1.54) is 19.2 Å². The zero-order valence-electron chi connectivity index (χ0n) is 6.46. The summed E-state index contributed by atoms with van der Waals surface area (Å²) in [7, 11) is 0. The average Bonchev–Trinajstić information content (AvgIpc) is 2.03. The molecule has 62 valence electrons. The van der Waals surface area contributed by atoms with Crippen molar-refractivity contribution in [2.45, 2.75) is 6.92 Å². The van der Waals surface area contributed by atoms with Crippen LogP contribution in [0.15, 0.2) is 17.1 Å². The molecule has 0 aliphatic carbocycles. The van der Waals surface area contributed by atoms with Gasteiger partial charge < -0.3 is 4.98 Å². The Labute approximate surface area is 68.2 Å². The fraction of sp³-hybridized carbons (Fsp3) is 0.125.